The summed E-state index contributed by atoms with van der Waals surface area (Å²) in [5, 5.41) is 23.4. The molecule has 0 aliphatic heterocycles. The van der Waals surface area contributed by atoms with Crippen LogP contribution in [0.3, 0.4) is 0 Å². The predicted octanol–water partition coefficient (Wildman–Crippen LogP) is 1.14. The molecule has 0 aliphatic rings. The quantitative estimate of drug-likeness (QED) is 0.430. The van der Waals surface area contributed by atoms with E-state index in [1.165, 1.54) is 7.05 Å². The molecule has 0 fully saturated rings. The number of rotatable bonds is 1. The number of nitrogens with zero attached hydrogens (tertiary/aromatic N) is 1. The second kappa shape index (κ2) is 5.51. The average Bonchev–Trinajstić information content (AvgIpc) is 2.31. The van der Waals surface area contributed by atoms with E-state index in [-0.39, 0.29) is 5.96 Å². The van der Waals surface area contributed by atoms with Gasteiger partial charge in [0.25, 0.3) is 0 Å². The molecule has 0 bridgehead atoms. The molecule has 1 rings (SSSR count). The number of benzene rings is 1. The van der Waals surface area contributed by atoms with Crippen LogP contribution in [0.5, 0.6) is 0 Å². The zero-order valence-corrected chi connectivity index (χ0v) is 9.59. The number of urea groups is 1. The zero-order chi connectivity index (χ0) is 12.8. The van der Waals surface area contributed by atoms with Crippen LogP contribution in [-0.2, 0) is 0 Å². The van der Waals surface area contributed by atoms with Crippen LogP contribution in [0.4, 0.5) is 10.5 Å². The van der Waals surface area contributed by atoms with Crippen LogP contribution in [0.2, 0.25) is 0 Å². The molecule has 17 heavy (non-hydrogen) atoms. The fraction of sp³-hybridized carbons (Fsp3) is 0.182. The van der Waals surface area contributed by atoms with Crippen molar-refractivity contribution in [3.63, 3.8) is 0 Å². The molecule has 0 aliphatic carbocycles. The van der Waals surface area contributed by atoms with Gasteiger partial charge in [-0.1, -0.05) is 12.1 Å². The lowest BCUT2D eigenvalue weighted by molar-refractivity contribution is 0.256. The number of carbonyl (C=O) groups is 1. The first-order chi connectivity index (χ1) is 8.08. The highest BCUT2D eigenvalue weighted by atomic mass is 16.2. The molecule has 0 spiro atoms. The van der Waals surface area contributed by atoms with E-state index in [1.807, 2.05) is 6.07 Å². The summed E-state index contributed by atoms with van der Waals surface area (Å²) in [7, 11) is 1.52. The van der Waals surface area contributed by atoms with Crippen molar-refractivity contribution >= 4 is 17.7 Å². The summed E-state index contributed by atoms with van der Waals surface area (Å²) in [4.78, 5) is 11.5. The van der Waals surface area contributed by atoms with Gasteiger partial charge in [-0.05, 0) is 18.6 Å². The third-order valence-electron chi connectivity index (χ3n) is 2.12. The Kier molecular flexibility index (Phi) is 4.06. The minimum Gasteiger partial charge on any atom is -0.359 e. The van der Waals surface area contributed by atoms with Crippen LogP contribution >= 0.6 is 0 Å². The molecule has 0 unspecified atom stereocenters. The fourth-order valence-corrected chi connectivity index (χ4v) is 1.25. The summed E-state index contributed by atoms with van der Waals surface area (Å²) in [5.41, 5.74) is 1.63. The molecule has 6 heteroatoms. The fourth-order valence-electron chi connectivity index (χ4n) is 1.25. The highest BCUT2D eigenvalue weighted by molar-refractivity contribution is 6.02. The molecule has 0 saturated heterocycles. The molecule has 0 heterocycles. The lowest BCUT2D eigenvalue weighted by Gasteiger charge is -2.11. The Morgan fingerprint density at radius 1 is 1.47 bits per heavy atom. The predicted molar refractivity (Wildman–Crippen MR) is 64.8 cm³/mol. The van der Waals surface area contributed by atoms with Gasteiger partial charge < -0.3 is 10.6 Å². The van der Waals surface area contributed by atoms with E-state index in [4.69, 9.17) is 10.7 Å². The van der Waals surface area contributed by atoms with E-state index in [0.717, 1.165) is 5.56 Å². The number of nitrogens with one attached hydrogen (secondary N) is 4. The summed E-state index contributed by atoms with van der Waals surface area (Å²) in [5.74, 6) is -0.116. The summed E-state index contributed by atoms with van der Waals surface area (Å²) < 4.78 is 0. The molecule has 0 atom stereocenters. The van der Waals surface area contributed by atoms with Crippen LogP contribution in [0.15, 0.2) is 18.2 Å². The Labute approximate surface area is 99.1 Å². The standard InChI is InChI=1S/C11H13N5O/c1-7-4-3-5-8(6-12)9(7)15-11(17)16-10(13)14-2/h3-5H,1-2H3,(H4,13,14,15,16,17). The SMILES string of the molecule is CNC(=N)NC(=O)Nc1c(C)cccc1C#N. The van der Waals surface area contributed by atoms with Gasteiger partial charge in [-0.15, -0.1) is 0 Å². The number of hydrogen-bond donors (Lipinski definition) is 4. The molecule has 1 aromatic carbocycles. The number of carbonyl (C=O) groups excluding carboxylic acids is 1. The maximum Gasteiger partial charge on any atom is 0.326 e. The van der Waals surface area contributed by atoms with Crippen LogP contribution in [-0.4, -0.2) is 19.0 Å². The Bertz CT molecular complexity index is 489. The van der Waals surface area contributed by atoms with E-state index in [2.05, 4.69) is 16.0 Å². The van der Waals surface area contributed by atoms with Crippen molar-refractivity contribution in [1.29, 1.82) is 10.7 Å². The third kappa shape index (κ3) is 3.21. The van der Waals surface area contributed by atoms with Crippen molar-refractivity contribution < 1.29 is 4.79 Å². The lowest BCUT2D eigenvalue weighted by Crippen LogP contribution is -2.40. The van der Waals surface area contributed by atoms with E-state index in [1.54, 1.807) is 25.1 Å². The van der Waals surface area contributed by atoms with Crippen LogP contribution in [0.25, 0.3) is 0 Å². The molecular formula is C11H13N5O. The smallest absolute Gasteiger partial charge is 0.326 e. The molecule has 2 amide bonds. The maximum atomic E-state index is 11.5. The van der Waals surface area contributed by atoms with Crippen molar-refractivity contribution in [3.8, 4) is 6.07 Å². The van der Waals surface area contributed by atoms with Crippen LogP contribution in [0, 0.1) is 23.7 Å². The number of nitriles is 1. The largest absolute Gasteiger partial charge is 0.359 e. The highest BCUT2D eigenvalue weighted by Gasteiger charge is 2.09. The third-order valence-corrected chi connectivity index (χ3v) is 2.12. The summed E-state index contributed by atoms with van der Waals surface area (Å²) in [6.45, 7) is 1.79. The van der Waals surface area contributed by atoms with Gasteiger partial charge >= 0.3 is 6.03 Å². The summed E-state index contributed by atoms with van der Waals surface area (Å²) in [6, 6.07) is 6.59. The molecule has 4 N–H and O–H groups in total. The summed E-state index contributed by atoms with van der Waals surface area (Å²) in [6.07, 6.45) is 0. The van der Waals surface area contributed by atoms with E-state index < -0.39 is 6.03 Å². The Morgan fingerprint density at radius 3 is 2.76 bits per heavy atom. The molecule has 0 aromatic heterocycles. The highest BCUT2D eigenvalue weighted by Crippen LogP contribution is 2.19. The first kappa shape index (κ1) is 12.5. The van der Waals surface area contributed by atoms with Gasteiger partial charge in [0.2, 0.25) is 0 Å². The Balaban J connectivity index is 2.85. The number of anilines is 1. The van der Waals surface area contributed by atoms with Gasteiger partial charge in [0, 0.05) is 7.05 Å². The first-order valence-electron chi connectivity index (χ1n) is 4.92. The number of para-hydroxylation sites is 1. The van der Waals surface area contributed by atoms with E-state index in [0.29, 0.717) is 11.3 Å². The second-order valence-corrected chi connectivity index (χ2v) is 3.31. The summed E-state index contributed by atoms with van der Waals surface area (Å²) >= 11 is 0. The van der Waals surface area contributed by atoms with E-state index >= 15 is 0 Å². The zero-order valence-electron chi connectivity index (χ0n) is 9.59. The number of guanidine groups is 1. The van der Waals surface area contributed by atoms with Crippen molar-refractivity contribution in [1.82, 2.24) is 10.6 Å². The van der Waals surface area contributed by atoms with Crippen molar-refractivity contribution in [3.05, 3.63) is 29.3 Å². The van der Waals surface area contributed by atoms with Gasteiger partial charge in [0.1, 0.15) is 6.07 Å². The van der Waals surface area contributed by atoms with Crippen molar-refractivity contribution in [2.24, 2.45) is 0 Å². The van der Waals surface area contributed by atoms with Gasteiger partial charge in [-0.25, -0.2) is 4.79 Å². The molecule has 88 valence electrons. The monoisotopic (exact) mass is 231 g/mol. The minimum atomic E-state index is -0.560. The molecular weight excluding hydrogens is 218 g/mol. The minimum absolute atomic E-state index is 0.116. The van der Waals surface area contributed by atoms with Gasteiger partial charge in [-0.3, -0.25) is 10.7 Å². The van der Waals surface area contributed by atoms with Crippen LogP contribution < -0.4 is 16.0 Å². The maximum absolute atomic E-state index is 11.5. The number of hydrogen-bond acceptors (Lipinski definition) is 3. The Hall–Kier alpha value is -2.55. The molecule has 0 saturated carbocycles. The molecule has 1 aromatic rings. The molecule has 0 radical (unpaired) electrons. The average molecular weight is 231 g/mol. The molecule has 6 nitrogen and oxygen atoms in total. The van der Waals surface area contributed by atoms with Crippen molar-refractivity contribution in [2.75, 3.05) is 12.4 Å². The number of aryl methyl sites for hydroxylation is 1. The van der Waals surface area contributed by atoms with Gasteiger partial charge in [0.15, 0.2) is 5.96 Å². The normalized spacial score (nSPS) is 9.00. The van der Waals surface area contributed by atoms with Crippen molar-refractivity contribution in [2.45, 2.75) is 6.92 Å². The lowest BCUT2D eigenvalue weighted by atomic mass is 10.1. The number of amides is 2. The van der Waals surface area contributed by atoms with Gasteiger partial charge in [-0.2, -0.15) is 5.26 Å². The Morgan fingerprint density at radius 2 is 2.18 bits per heavy atom. The van der Waals surface area contributed by atoms with E-state index in [9.17, 15) is 4.79 Å². The topological polar surface area (TPSA) is 101 Å². The second-order valence-electron chi connectivity index (χ2n) is 3.31. The first-order valence-corrected chi connectivity index (χ1v) is 4.92. The van der Waals surface area contributed by atoms with Crippen LogP contribution in [0.1, 0.15) is 11.1 Å². The van der Waals surface area contributed by atoms with Gasteiger partial charge in [0.05, 0.1) is 11.3 Å².